The molecule has 0 radical (unpaired) electrons. The van der Waals surface area contributed by atoms with E-state index >= 15 is 0 Å². The summed E-state index contributed by atoms with van der Waals surface area (Å²) < 4.78 is 0. The van der Waals surface area contributed by atoms with Crippen LogP contribution in [0.1, 0.15) is 30.9 Å². The maximum atomic E-state index is 10.5. The maximum absolute atomic E-state index is 10.5. The Hall–Kier alpha value is -1.38. The Morgan fingerprint density at radius 2 is 2.31 bits per heavy atom. The Morgan fingerprint density at radius 1 is 1.62 bits per heavy atom. The zero-order valence-corrected chi connectivity index (χ0v) is 7.82. The van der Waals surface area contributed by atoms with Gasteiger partial charge in [-0.1, -0.05) is 13.8 Å². The first kappa shape index (κ1) is 9.71. The Morgan fingerprint density at radius 3 is 2.85 bits per heavy atom. The van der Waals surface area contributed by atoms with E-state index in [1.165, 1.54) is 0 Å². The summed E-state index contributed by atoms with van der Waals surface area (Å²) in [5.41, 5.74) is 1.88. The van der Waals surface area contributed by atoms with Gasteiger partial charge in [0.15, 0.2) is 0 Å². The number of aliphatic carboxylic acids is 1. The Bertz CT molecular complexity index is 308. The smallest absolute Gasteiger partial charge is 0.307 e. The second-order valence-corrected chi connectivity index (χ2v) is 3.30. The molecule has 0 atom stereocenters. The SMILES string of the molecule is CC(C)c1ccncc1CC(=O)O. The molecule has 1 aromatic rings. The topological polar surface area (TPSA) is 50.2 Å². The molecule has 0 saturated carbocycles. The monoisotopic (exact) mass is 179 g/mol. The van der Waals surface area contributed by atoms with Gasteiger partial charge in [0.05, 0.1) is 6.42 Å². The predicted molar refractivity (Wildman–Crippen MR) is 49.7 cm³/mol. The fourth-order valence-electron chi connectivity index (χ4n) is 1.31. The molecule has 0 fully saturated rings. The van der Waals surface area contributed by atoms with Gasteiger partial charge in [0.25, 0.3) is 0 Å². The lowest BCUT2D eigenvalue weighted by molar-refractivity contribution is -0.136. The summed E-state index contributed by atoms with van der Waals surface area (Å²) in [6, 6.07) is 1.88. The van der Waals surface area contributed by atoms with Crippen LogP contribution in [-0.4, -0.2) is 16.1 Å². The van der Waals surface area contributed by atoms with Crippen molar-refractivity contribution in [2.24, 2.45) is 0 Å². The highest BCUT2D eigenvalue weighted by atomic mass is 16.4. The van der Waals surface area contributed by atoms with Crippen LogP contribution >= 0.6 is 0 Å². The van der Waals surface area contributed by atoms with Crippen molar-refractivity contribution < 1.29 is 9.90 Å². The van der Waals surface area contributed by atoms with Crippen LogP contribution in [-0.2, 0) is 11.2 Å². The summed E-state index contributed by atoms with van der Waals surface area (Å²) in [4.78, 5) is 14.4. The van der Waals surface area contributed by atoms with Crippen molar-refractivity contribution in [1.29, 1.82) is 0 Å². The molecule has 0 aliphatic rings. The third-order valence-electron chi connectivity index (χ3n) is 1.91. The molecule has 1 rings (SSSR count). The average Bonchev–Trinajstić information content (AvgIpc) is 2.03. The zero-order chi connectivity index (χ0) is 9.84. The third kappa shape index (κ3) is 2.54. The van der Waals surface area contributed by atoms with Crippen LogP contribution in [0, 0.1) is 0 Å². The molecule has 0 spiro atoms. The molecular formula is C10H13NO2. The van der Waals surface area contributed by atoms with Gasteiger partial charge in [-0.3, -0.25) is 9.78 Å². The number of hydrogen-bond acceptors (Lipinski definition) is 2. The lowest BCUT2D eigenvalue weighted by atomic mass is 9.98. The normalized spacial score (nSPS) is 10.4. The standard InChI is InChI=1S/C10H13NO2/c1-7(2)9-3-4-11-6-8(9)5-10(12)13/h3-4,6-7H,5H2,1-2H3,(H,12,13). The summed E-state index contributed by atoms with van der Waals surface area (Å²) in [6.07, 6.45) is 3.38. The van der Waals surface area contributed by atoms with E-state index in [2.05, 4.69) is 4.98 Å². The predicted octanol–water partition coefficient (Wildman–Crippen LogP) is 1.83. The largest absolute Gasteiger partial charge is 0.481 e. The minimum Gasteiger partial charge on any atom is -0.481 e. The van der Waals surface area contributed by atoms with Crippen molar-refractivity contribution in [3.8, 4) is 0 Å². The van der Waals surface area contributed by atoms with Crippen LogP contribution in [0.4, 0.5) is 0 Å². The first-order valence-corrected chi connectivity index (χ1v) is 4.26. The van der Waals surface area contributed by atoms with Gasteiger partial charge in [-0.25, -0.2) is 0 Å². The van der Waals surface area contributed by atoms with E-state index in [1.807, 2.05) is 19.9 Å². The van der Waals surface area contributed by atoms with E-state index in [1.54, 1.807) is 12.4 Å². The first-order chi connectivity index (χ1) is 6.11. The average molecular weight is 179 g/mol. The van der Waals surface area contributed by atoms with Crippen LogP contribution in [0.3, 0.4) is 0 Å². The molecule has 0 aromatic carbocycles. The van der Waals surface area contributed by atoms with E-state index in [-0.39, 0.29) is 6.42 Å². The molecule has 0 amide bonds. The molecule has 3 heteroatoms. The number of carboxylic acid groups (broad SMARTS) is 1. The van der Waals surface area contributed by atoms with Crippen LogP contribution in [0.5, 0.6) is 0 Å². The minimum absolute atomic E-state index is 0.0569. The first-order valence-electron chi connectivity index (χ1n) is 4.26. The van der Waals surface area contributed by atoms with Crippen molar-refractivity contribution in [3.63, 3.8) is 0 Å². The highest BCUT2D eigenvalue weighted by molar-refractivity contribution is 5.70. The lowest BCUT2D eigenvalue weighted by Crippen LogP contribution is -2.05. The molecule has 0 bridgehead atoms. The molecule has 1 heterocycles. The lowest BCUT2D eigenvalue weighted by Gasteiger charge is -2.09. The fraction of sp³-hybridized carbons (Fsp3) is 0.400. The van der Waals surface area contributed by atoms with Crippen LogP contribution < -0.4 is 0 Å². The Kier molecular flexibility index (Phi) is 3.01. The molecule has 1 aromatic heterocycles. The van der Waals surface area contributed by atoms with Crippen molar-refractivity contribution in [3.05, 3.63) is 29.6 Å². The van der Waals surface area contributed by atoms with Crippen LogP contribution in [0.25, 0.3) is 0 Å². The molecule has 1 N–H and O–H groups in total. The Balaban J connectivity index is 2.97. The number of hydrogen-bond donors (Lipinski definition) is 1. The van der Waals surface area contributed by atoms with Gasteiger partial charge in [-0.15, -0.1) is 0 Å². The zero-order valence-electron chi connectivity index (χ0n) is 7.82. The second kappa shape index (κ2) is 4.03. The molecule has 0 aliphatic heterocycles. The highest BCUT2D eigenvalue weighted by Gasteiger charge is 2.08. The highest BCUT2D eigenvalue weighted by Crippen LogP contribution is 2.18. The van der Waals surface area contributed by atoms with Gasteiger partial charge in [-0.2, -0.15) is 0 Å². The quantitative estimate of drug-likeness (QED) is 0.770. The number of carbonyl (C=O) groups is 1. The molecular weight excluding hydrogens is 166 g/mol. The molecule has 0 aliphatic carbocycles. The van der Waals surface area contributed by atoms with Gasteiger partial charge in [-0.05, 0) is 23.1 Å². The summed E-state index contributed by atoms with van der Waals surface area (Å²) in [5.74, 6) is -0.466. The van der Waals surface area contributed by atoms with Crippen molar-refractivity contribution in [2.75, 3.05) is 0 Å². The fourth-order valence-corrected chi connectivity index (χ4v) is 1.31. The van der Waals surface area contributed by atoms with E-state index in [0.29, 0.717) is 5.92 Å². The minimum atomic E-state index is -0.810. The molecule has 13 heavy (non-hydrogen) atoms. The number of nitrogens with zero attached hydrogens (tertiary/aromatic N) is 1. The molecule has 0 saturated heterocycles. The van der Waals surface area contributed by atoms with Gasteiger partial charge < -0.3 is 5.11 Å². The Labute approximate surface area is 77.4 Å². The van der Waals surface area contributed by atoms with E-state index in [0.717, 1.165) is 11.1 Å². The number of rotatable bonds is 3. The van der Waals surface area contributed by atoms with E-state index in [4.69, 9.17) is 5.11 Å². The van der Waals surface area contributed by atoms with Crippen LogP contribution in [0.2, 0.25) is 0 Å². The third-order valence-corrected chi connectivity index (χ3v) is 1.91. The number of pyridine rings is 1. The molecule has 3 nitrogen and oxygen atoms in total. The van der Waals surface area contributed by atoms with Crippen molar-refractivity contribution in [1.82, 2.24) is 4.98 Å². The number of aromatic nitrogens is 1. The van der Waals surface area contributed by atoms with Crippen molar-refractivity contribution >= 4 is 5.97 Å². The number of carboxylic acids is 1. The maximum Gasteiger partial charge on any atom is 0.307 e. The van der Waals surface area contributed by atoms with Crippen LogP contribution in [0.15, 0.2) is 18.5 Å². The summed E-state index contributed by atoms with van der Waals surface area (Å²) in [5, 5.41) is 8.65. The van der Waals surface area contributed by atoms with E-state index < -0.39 is 5.97 Å². The van der Waals surface area contributed by atoms with Gasteiger partial charge in [0.2, 0.25) is 0 Å². The van der Waals surface area contributed by atoms with Gasteiger partial charge in [0.1, 0.15) is 0 Å². The second-order valence-electron chi connectivity index (χ2n) is 3.30. The van der Waals surface area contributed by atoms with Gasteiger partial charge in [0, 0.05) is 12.4 Å². The molecule has 0 unspecified atom stereocenters. The summed E-state index contributed by atoms with van der Waals surface area (Å²) in [7, 11) is 0. The molecule has 70 valence electrons. The van der Waals surface area contributed by atoms with Crippen molar-refractivity contribution in [2.45, 2.75) is 26.2 Å². The summed E-state index contributed by atoms with van der Waals surface area (Å²) in [6.45, 7) is 4.08. The van der Waals surface area contributed by atoms with Gasteiger partial charge >= 0.3 is 5.97 Å². The summed E-state index contributed by atoms with van der Waals surface area (Å²) >= 11 is 0. The van der Waals surface area contributed by atoms with E-state index in [9.17, 15) is 4.79 Å².